The van der Waals surface area contributed by atoms with E-state index in [0.717, 1.165) is 6.26 Å². The largest absolute Gasteiger partial charge is 0.461 e. The number of esters is 1. The highest BCUT2D eigenvalue weighted by Gasteiger charge is 2.16. The number of aromatic nitrogens is 2. The third-order valence-electron chi connectivity index (χ3n) is 2.74. The van der Waals surface area contributed by atoms with Crippen molar-refractivity contribution in [2.75, 3.05) is 18.6 Å². The molecule has 1 aromatic carbocycles. The first kappa shape index (κ1) is 15.0. The molecule has 0 aliphatic heterocycles. The lowest BCUT2D eigenvalue weighted by atomic mass is 10.3. The summed E-state index contributed by atoms with van der Waals surface area (Å²) in [5.41, 5.74) is 6.54. The summed E-state index contributed by atoms with van der Waals surface area (Å²) in [4.78, 5) is 11.8. The minimum Gasteiger partial charge on any atom is -0.461 e. The summed E-state index contributed by atoms with van der Waals surface area (Å²) in [7, 11) is -3.25. The van der Waals surface area contributed by atoms with Gasteiger partial charge in [0.15, 0.2) is 15.5 Å². The van der Waals surface area contributed by atoms with Gasteiger partial charge in [-0.05, 0) is 31.2 Å². The molecule has 0 saturated heterocycles. The maximum Gasteiger partial charge on any atom is 0.361 e. The van der Waals surface area contributed by atoms with Gasteiger partial charge in [-0.25, -0.2) is 17.9 Å². The van der Waals surface area contributed by atoms with Crippen LogP contribution in [0.4, 0.5) is 5.69 Å². The number of benzene rings is 1. The van der Waals surface area contributed by atoms with E-state index in [1.165, 1.54) is 23.0 Å². The van der Waals surface area contributed by atoms with Crippen molar-refractivity contribution in [3.8, 4) is 5.69 Å². The molecule has 2 aromatic rings. The maximum atomic E-state index is 11.6. The van der Waals surface area contributed by atoms with Crippen LogP contribution in [0.1, 0.15) is 17.4 Å². The first-order valence-corrected chi connectivity index (χ1v) is 8.05. The van der Waals surface area contributed by atoms with Gasteiger partial charge in [-0.1, -0.05) is 0 Å². The zero-order valence-corrected chi connectivity index (χ0v) is 12.4. The number of nitrogens with two attached hydrogens (primary N) is 1. The van der Waals surface area contributed by atoms with E-state index in [1.54, 1.807) is 19.1 Å². The van der Waals surface area contributed by atoms with Crippen LogP contribution in [0.3, 0.4) is 0 Å². The van der Waals surface area contributed by atoms with Gasteiger partial charge in [0.05, 0.1) is 29.1 Å². The van der Waals surface area contributed by atoms with E-state index in [2.05, 4.69) is 5.10 Å². The van der Waals surface area contributed by atoms with Gasteiger partial charge in [-0.3, -0.25) is 0 Å². The zero-order chi connectivity index (χ0) is 15.6. The number of ether oxygens (including phenoxy) is 1. The fourth-order valence-electron chi connectivity index (χ4n) is 1.72. The van der Waals surface area contributed by atoms with Crippen LogP contribution >= 0.6 is 0 Å². The minimum absolute atomic E-state index is 0.0315. The first-order valence-electron chi connectivity index (χ1n) is 6.15. The van der Waals surface area contributed by atoms with Crippen LogP contribution in [0.2, 0.25) is 0 Å². The van der Waals surface area contributed by atoms with Crippen molar-refractivity contribution in [3.63, 3.8) is 0 Å². The van der Waals surface area contributed by atoms with Crippen molar-refractivity contribution >= 4 is 21.5 Å². The molecule has 0 amide bonds. The van der Waals surface area contributed by atoms with Gasteiger partial charge < -0.3 is 10.5 Å². The first-order chi connectivity index (χ1) is 9.82. The van der Waals surface area contributed by atoms with Crippen LogP contribution in [-0.2, 0) is 14.6 Å². The molecule has 8 heteroatoms. The summed E-state index contributed by atoms with van der Waals surface area (Å²) in [6.45, 7) is 1.92. The normalized spacial score (nSPS) is 11.3. The molecule has 0 atom stereocenters. The Morgan fingerprint density at radius 3 is 2.48 bits per heavy atom. The Morgan fingerprint density at radius 1 is 1.33 bits per heavy atom. The van der Waals surface area contributed by atoms with E-state index < -0.39 is 15.8 Å². The Morgan fingerprint density at radius 2 is 1.95 bits per heavy atom. The van der Waals surface area contributed by atoms with Crippen molar-refractivity contribution in [2.24, 2.45) is 0 Å². The molecule has 0 unspecified atom stereocenters. The van der Waals surface area contributed by atoms with E-state index in [-0.39, 0.29) is 22.9 Å². The number of carbonyl (C=O) groups excluding carboxylic acids is 1. The molecule has 1 aromatic heterocycles. The fraction of sp³-hybridized carbons (Fsp3) is 0.231. The molecule has 2 rings (SSSR count). The molecule has 0 radical (unpaired) electrons. The highest BCUT2D eigenvalue weighted by molar-refractivity contribution is 7.90. The van der Waals surface area contributed by atoms with E-state index in [0.29, 0.717) is 5.69 Å². The van der Waals surface area contributed by atoms with Gasteiger partial charge >= 0.3 is 5.97 Å². The third-order valence-corrected chi connectivity index (χ3v) is 3.87. The Labute approximate surface area is 122 Å². The zero-order valence-electron chi connectivity index (χ0n) is 11.6. The lowest BCUT2D eigenvalue weighted by Gasteiger charge is -2.03. The molecule has 1 heterocycles. The van der Waals surface area contributed by atoms with Crippen molar-refractivity contribution in [3.05, 3.63) is 36.2 Å². The molecule has 0 aliphatic rings. The predicted octanol–water partition coefficient (Wildman–Crippen LogP) is 1.03. The second-order valence-corrected chi connectivity index (χ2v) is 6.38. The van der Waals surface area contributed by atoms with Gasteiger partial charge in [0.1, 0.15) is 0 Å². The number of rotatable bonds is 4. The summed E-state index contributed by atoms with van der Waals surface area (Å²) in [6.07, 6.45) is 2.61. The number of carbonyl (C=O) groups is 1. The summed E-state index contributed by atoms with van der Waals surface area (Å²) in [5, 5.41) is 4.06. The minimum atomic E-state index is -3.25. The highest BCUT2D eigenvalue weighted by atomic mass is 32.2. The van der Waals surface area contributed by atoms with Gasteiger partial charge in [-0.15, -0.1) is 0 Å². The van der Waals surface area contributed by atoms with Gasteiger partial charge in [0.25, 0.3) is 0 Å². The molecule has 0 bridgehead atoms. The molecular formula is C13H15N3O4S. The average molecular weight is 309 g/mol. The van der Waals surface area contributed by atoms with Crippen LogP contribution in [-0.4, -0.2) is 37.0 Å². The summed E-state index contributed by atoms with van der Waals surface area (Å²) >= 11 is 0. The standard InChI is InChI=1S/C13H15N3O4S/c1-3-20-13(17)12-11(14)8-16(15-12)9-4-6-10(7-5-9)21(2,18)19/h4-8H,3,14H2,1-2H3. The van der Waals surface area contributed by atoms with Crippen LogP contribution in [0.25, 0.3) is 5.69 Å². The summed E-state index contributed by atoms with van der Waals surface area (Å²) in [5.74, 6) is -0.596. The lowest BCUT2D eigenvalue weighted by Crippen LogP contribution is -2.08. The second-order valence-electron chi connectivity index (χ2n) is 4.36. The molecule has 0 fully saturated rings. The molecule has 0 saturated carbocycles. The van der Waals surface area contributed by atoms with Gasteiger partial charge in [-0.2, -0.15) is 5.10 Å². The maximum absolute atomic E-state index is 11.6. The van der Waals surface area contributed by atoms with Crippen LogP contribution < -0.4 is 5.73 Å². The summed E-state index contributed by atoms with van der Waals surface area (Å²) < 4.78 is 29.0. The molecule has 21 heavy (non-hydrogen) atoms. The number of nitrogen functional groups attached to an aromatic ring is 1. The molecule has 2 N–H and O–H groups in total. The van der Waals surface area contributed by atoms with Crippen LogP contribution in [0.5, 0.6) is 0 Å². The van der Waals surface area contributed by atoms with E-state index >= 15 is 0 Å². The number of hydrogen-bond acceptors (Lipinski definition) is 6. The van der Waals surface area contributed by atoms with Crippen LogP contribution in [0, 0.1) is 0 Å². The average Bonchev–Trinajstić information content (AvgIpc) is 2.80. The van der Waals surface area contributed by atoms with Crippen LogP contribution in [0.15, 0.2) is 35.4 Å². The molecule has 7 nitrogen and oxygen atoms in total. The van der Waals surface area contributed by atoms with Crippen molar-refractivity contribution < 1.29 is 17.9 Å². The SMILES string of the molecule is CCOC(=O)c1nn(-c2ccc(S(C)(=O)=O)cc2)cc1N. The smallest absolute Gasteiger partial charge is 0.361 e. The lowest BCUT2D eigenvalue weighted by molar-refractivity contribution is 0.0520. The number of nitrogens with zero attached hydrogens (tertiary/aromatic N) is 2. The topological polar surface area (TPSA) is 104 Å². The molecular weight excluding hydrogens is 294 g/mol. The van der Waals surface area contributed by atoms with Gasteiger partial charge in [0, 0.05) is 6.26 Å². The molecule has 0 spiro atoms. The number of hydrogen-bond donors (Lipinski definition) is 1. The summed E-state index contributed by atoms with van der Waals surface area (Å²) in [6, 6.07) is 6.09. The monoisotopic (exact) mass is 309 g/mol. The predicted molar refractivity (Wildman–Crippen MR) is 77.0 cm³/mol. The second kappa shape index (κ2) is 5.57. The van der Waals surface area contributed by atoms with Crippen molar-refractivity contribution in [2.45, 2.75) is 11.8 Å². The highest BCUT2D eigenvalue weighted by Crippen LogP contribution is 2.17. The number of sulfone groups is 1. The molecule has 112 valence electrons. The van der Waals surface area contributed by atoms with E-state index in [9.17, 15) is 13.2 Å². The van der Waals surface area contributed by atoms with Gasteiger partial charge in [0.2, 0.25) is 0 Å². The Kier molecular flexibility index (Phi) is 3.99. The van der Waals surface area contributed by atoms with E-state index in [1.807, 2.05) is 0 Å². The third kappa shape index (κ3) is 3.22. The fourth-order valence-corrected chi connectivity index (χ4v) is 2.35. The Hall–Kier alpha value is -2.35. The quantitative estimate of drug-likeness (QED) is 0.846. The number of anilines is 1. The Bertz CT molecular complexity index is 763. The van der Waals surface area contributed by atoms with Crippen molar-refractivity contribution in [1.29, 1.82) is 0 Å². The van der Waals surface area contributed by atoms with E-state index in [4.69, 9.17) is 10.5 Å². The Balaban J connectivity index is 2.35. The van der Waals surface area contributed by atoms with Crippen molar-refractivity contribution in [1.82, 2.24) is 9.78 Å². The molecule has 0 aliphatic carbocycles.